The van der Waals surface area contributed by atoms with Gasteiger partial charge in [-0.25, -0.2) is 9.18 Å². The molecule has 0 aliphatic rings. The standard InChI is InChI=1S/C12H15BrFNO2/c1-2-3-4-7-15-9-6-5-8(12(16)17)10(13)11(9)14/h5-6,15H,2-4,7H2,1H3,(H,16,17). The van der Waals surface area contributed by atoms with E-state index in [1.54, 1.807) is 0 Å². The van der Waals surface area contributed by atoms with Crippen LogP contribution < -0.4 is 5.32 Å². The Balaban J connectivity index is 2.75. The lowest BCUT2D eigenvalue weighted by Gasteiger charge is -2.09. The van der Waals surface area contributed by atoms with Crippen molar-refractivity contribution in [2.24, 2.45) is 0 Å². The van der Waals surface area contributed by atoms with Crippen LogP contribution in [-0.2, 0) is 0 Å². The van der Waals surface area contributed by atoms with E-state index in [9.17, 15) is 9.18 Å². The normalized spacial score (nSPS) is 10.3. The summed E-state index contributed by atoms with van der Waals surface area (Å²) in [5.74, 6) is -1.70. The summed E-state index contributed by atoms with van der Waals surface area (Å²) in [4.78, 5) is 10.8. The molecule has 0 fully saturated rings. The number of carbonyl (C=O) groups is 1. The molecule has 0 saturated heterocycles. The number of unbranched alkanes of at least 4 members (excludes halogenated alkanes) is 2. The highest BCUT2D eigenvalue weighted by molar-refractivity contribution is 9.10. The van der Waals surface area contributed by atoms with Gasteiger partial charge in [0.05, 0.1) is 15.7 Å². The van der Waals surface area contributed by atoms with Gasteiger partial charge in [-0.2, -0.15) is 0 Å². The zero-order valence-electron chi connectivity index (χ0n) is 9.59. The highest BCUT2D eigenvalue weighted by Gasteiger charge is 2.15. The number of hydrogen-bond acceptors (Lipinski definition) is 2. The van der Waals surface area contributed by atoms with Crippen molar-refractivity contribution in [3.63, 3.8) is 0 Å². The molecule has 0 aliphatic carbocycles. The largest absolute Gasteiger partial charge is 0.478 e. The topological polar surface area (TPSA) is 49.3 Å². The van der Waals surface area contributed by atoms with E-state index < -0.39 is 11.8 Å². The average molecular weight is 304 g/mol. The lowest BCUT2D eigenvalue weighted by molar-refractivity contribution is 0.0695. The van der Waals surface area contributed by atoms with Crippen molar-refractivity contribution in [3.8, 4) is 0 Å². The van der Waals surface area contributed by atoms with E-state index in [2.05, 4.69) is 28.2 Å². The highest BCUT2D eigenvalue weighted by Crippen LogP contribution is 2.27. The monoisotopic (exact) mass is 303 g/mol. The second-order valence-corrected chi connectivity index (χ2v) is 4.52. The first-order chi connectivity index (χ1) is 8.07. The minimum absolute atomic E-state index is 0.00880. The molecule has 1 aromatic rings. The molecular weight excluding hydrogens is 289 g/mol. The molecule has 94 valence electrons. The van der Waals surface area contributed by atoms with Crippen LogP contribution in [0.25, 0.3) is 0 Å². The van der Waals surface area contributed by atoms with E-state index in [4.69, 9.17) is 5.11 Å². The maximum Gasteiger partial charge on any atom is 0.336 e. The van der Waals surface area contributed by atoms with Crippen molar-refractivity contribution in [2.75, 3.05) is 11.9 Å². The summed E-state index contributed by atoms with van der Waals surface area (Å²) in [5, 5.41) is 11.8. The number of hydrogen-bond donors (Lipinski definition) is 2. The van der Waals surface area contributed by atoms with Gasteiger partial charge in [-0.15, -0.1) is 0 Å². The van der Waals surface area contributed by atoms with Crippen molar-refractivity contribution in [2.45, 2.75) is 26.2 Å². The predicted molar refractivity (Wildman–Crippen MR) is 69.1 cm³/mol. The van der Waals surface area contributed by atoms with E-state index in [1.165, 1.54) is 12.1 Å². The Labute approximate surface area is 108 Å². The Hall–Kier alpha value is -1.10. The van der Waals surface area contributed by atoms with Crippen LogP contribution in [0.5, 0.6) is 0 Å². The molecule has 0 atom stereocenters. The summed E-state index contributed by atoms with van der Waals surface area (Å²) in [6.45, 7) is 2.78. The van der Waals surface area contributed by atoms with Gasteiger partial charge in [0.15, 0.2) is 5.82 Å². The number of carboxylic acid groups (broad SMARTS) is 1. The molecule has 0 saturated carbocycles. The van der Waals surface area contributed by atoms with Crippen LogP contribution in [-0.4, -0.2) is 17.6 Å². The summed E-state index contributed by atoms with van der Waals surface area (Å²) in [6, 6.07) is 2.84. The molecule has 0 heterocycles. The van der Waals surface area contributed by atoms with E-state index in [1.807, 2.05) is 0 Å². The van der Waals surface area contributed by atoms with Crippen molar-refractivity contribution >= 4 is 27.6 Å². The van der Waals surface area contributed by atoms with E-state index in [0.717, 1.165) is 19.3 Å². The SMILES string of the molecule is CCCCCNc1ccc(C(=O)O)c(Br)c1F. The lowest BCUT2D eigenvalue weighted by atomic mass is 10.2. The van der Waals surface area contributed by atoms with Gasteiger partial charge in [0.25, 0.3) is 0 Å². The van der Waals surface area contributed by atoms with Gasteiger partial charge in [-0.3, -0.25) is 0 Å². The summed E-state index contributed by atoms with van der Waals surface area (Å²) >= 11 is 2.96. The van der Waals surface area contributed by atoms with Crippen molar-refractivity contribution in [3.05, 3.63) is 28.0 Å². The predicted octanol–water partition coefficient (Wildman–Crippen LogP) is 3.89. The van der Waals surface area contributed by atoms with Crippen molar-refractivity contribution in [1.82, 2.24) is 0 Å². The lowest BCUT2D eigenvalue weighted by Crippen LogP contribution is -2.06. The fourth-order valence-electron chi connectivity index (χ4n) is 1.45. The molecule has 0 bridgehead atoms. The van der Waals surface area contributed by atoms with Crippen molar-refractivity contribution < 1.29 is 14.3 Å². The molecule has 17 heavy (non-hydrogen) atoms. The van der Waals surface area contributed by atoms with Crippen LogP contribution in [0.4, 0.5) is 10.1 Å². The van der Waals surface area contributed by atoms with Crippen LogP contribution in [0.2, 0.25) is 0 Å². The van der Waals surface area contributed by atoms with Gasteiger partial charge in [0, 0.05) is 6.54 Å². The molecule has 3 nitrogen and oxygen atoms in total. The number of anilines is 1. The minimum Gasteiger partial charge on any atom is -0.478 e. The second-order valence-electron chi connectivity index (χ2n) is 3.73. The third-order valence-electron chi connectivity index (χ3n) is 2.41. The first kappa shape index (κ1) is 14.0. The Bertz CT molecular complexity index is 410. The Morgan fingerprint density at radius 3 is 2.76 bits per heavy atom. The van der Waals surface area contributed by atoms with Crippen molar-refractivity contribution in [1.29, 1.82) is 0 Å². The summed E-state index contributed by atoms with van der Waals surface area (Å²) in [5.41, 5.74) is 0.264. The first-order valence-corrected chi connectivity index (χ1v) is 6.32. The molecule has 0 aliphatic heterocycles. The average Bonchev–Trinajstić information content (AvgIpc) is 2.29. The Morgan fingerprint density at radius 2 is 2.18 bits per heavy atom. The molecule has 2 N–H and O–H groups in total. The van der Waals surface area contributed by atoms with Crippen LogP contribution in [0.15, 0.2) is 16.6 Å². The second kappa shape index (κ2) is 6.59. The molecule has 0 amide bonds. The Kier molecular flexibility index (Phi) is 5.41. The van der Waals surface area contributed by atoms with E-state index in [-0.39, 0.29) is 10.0 Å². The Morgan fingerprint density at radius 1 is 1.47 bits per heavy atom. The summed E-state index contributed by atoms with van der Waals surface area (Å²) < 4.78 is 13.8. The number of aromatic carboxylic acids is 1. The fourth-order valence-corrected chi connectivity index (χ4v) is 1.96. The van der Waals surface area contributed by atoms with Gasteiger partial charge in [-0.1, -0.05) is 19.8 Å². The molecule has 0 radical (unpaired) electrons. The molecule has 0 unspecified atom stereocenters. The van der Waals surface area contributed by atoms with Crippen LogP contribution >= 0.6 is 15.9 Å². The molecule has 1 rings (SSSR count). The number of benzene rings is 1. The van der Waals surface area contributed by atoms with E-state index >= 15 is 0 Å². The van der Waals surface area contributed by atoms with E-state index in [0.29, 0.717) is 12.2 Å². The maximum absolute atomic E-state index is 13.8. The number of halogens is 2. The van der Waals surface area contributed by atoms with Gasteiger partial charge in [-0.05, 0) is 34.5 Å². The molecule has 0 spiro atoms. The van der Waals surface area contributed by atoms with Gasteiger partial charge >= 0.3 is 5.97 Å². The van der Waals surface area contributed by atoms with Gasteiger partial charge in [0.1, 0.15) is 0 Å². The third kappa shape index (κ3) is 3.70. The van der Waals surface area contributed by atoms with Crippen LogP contribution in [0.1, 0.15) is 36.5 Å². The smallest absolute Gasteiger partial charge is 0.336 e. The molecular formula is C12H15BrFNO2. The van der Waals surface area contributed by atoms with Gasteiger partial charge < -0.3 is 10.4 Å². The molecule has 1 aromatic carbocycles. The third-order valence-corrected chi connectivity index (χ3v) is 3.18. The molecule has 0 aromatic heterocycles. The highest BCUT2D eigenvalue weighted by atomic mass is 79.9. The molecule has 5 heteroatoms. The zero-order valence-corrected chi connectivity index (χ0v) is 11.2. The summed E-state index contributed by atoms with van der Waals surface area (Å²) in [7, 11) is 0. The quantitative estimate of drug-likeness (QED) is 0.784. The summed E-state index contributed by atoms with van der Waals surface area (Å²) in [6.07, 6.45) is 3.16. The maximum atomic E-state index is 13.8. The van der Waals surface area contributed by atoms with Gasteiger partial charge in [0.2, 0.25) is 0 Å². The first-order valence-electron chi connectivity index (χ1n) is 5.53. The number of rotatable bonds is 6. The number of carboxylic acids is 1. The minimum atomic E-state index is -1.15. The fraction of sp³-hybridized carbons (Fsp3) is 0.417. The number of nitrogens with one attached hydrogen (secondary N) is 1. The van der Waals surface area contributed by atoms with Crippen LogP contribution in [0.3, 0.4) is 0 Å². The van der Waals surface area contributed by atoms with Crippen LogP contribution in [0, 0.1) is 5.82 Å². The zero-order chi connectivity index (χ0) is 12.8.